The van der Waals surface area contributed by atoms with Crippen LogP contribution in [-0.2, 0) is 27.3 Å². The maximum atomic E-state index is 12.2. The van der Waals surface area contributed by atoms with Crippen molar-refractivity contribution in [1.29, 1.82) is 0 Å². The van der Waals surface area contributed by atoms with Crippen LogP contribution in [0.25, 0.3) is 11.2 Å². The van der Waals surface area contributed by atoms with Crippen molar-refractivity contribution in [2.45, 2.75) is 40.6 Å². The maximum Gasteiger partial charge on any atom is 0.479 e. The van der Waals surface area contributed by atoms with E-state index in [1.165, 1.54) is 10.9 Å². The van der Waals surface area contributed by atoms with Crippen molar-refractivity contribution in [3.05, 3.63) is 6.33 Å². The normalized spacial score (nSPS) is 26.2. The van der Waals surface area contributed by atoms with Gasteiger partial charge >= 0.3 is 29.0 Å². The zero-order valence-electron chi connectivity index (χ0n) is 18.5. The third-order valence-corrected chi connectivity index (χ3v) is 15.3. The molecule has 3 rings (SSSR count). The number of imidazole rings is 1. The summed E-state index contributed by atoms with van der Waals surface area (Å²) in [6.07, 6.45) is -4.34. The fourth-order valence-corrected chi connectivity index (χ4v) is 7.85. The lowest BCUT2D eigenvalue weighted by Gasteiger charge is -2.27. The average molecular weight is 721 g/mol. The molecule has 0 aromatic carbocycles. The molecule has 0 spiro atoms. The van der Waals surface area contributed by atoms with Crippen molar-refractivity contribution in [3.8, 4) is 6.01 Å². The van der Waals surface area contributed by atoms with Crippen LogP contribution in [0.3, 0.4) is 0 Å². The van der Waals surface area contributed by atoms with E-state index in [1.807, 2.05) is 6.92 Å². The number of phosphoric acid groups is 1. The largest absolute Gasteiger partial charge is 0.479 e. The number of anilines is 1. The summed E-state index contributed by atoms with van der Waals surface area (Å²) in [6.45, 7) is 1.19. The fourth-order valence-electron chi connectivity index (χ4n) is 3.00. The summed E-state index contributed by atoms with van der Waals surface area (Å²) in [7, 11) is -16.5. The molecule has 0 bridgehead atoms. The number of ether oxygens (including phenoxy) is 2. The standard InChI is InChI=1S/C14H22Br2N5O13P3/c1-2-3-31-13-19-10(17)7-11(20-13)21(5-18-7)12-9(23)8(22)6(33-12)4-32-37(29,30)34-36(27,28)14(15,16)35(24,25)26/h5-6,8-9,12,22-23H,2-4H2,1H3,(H,27,28)(H,29,30)(H2,17,19,20)(H2,24,25,26)/t6-,8-,9-,12-/m1/s1. The first-order valence-corrected chi connectivity index (χ1v) is 16.3. The van der Waals surface area contributed by atoms with Crippen LogP contribution in [0.2, 0.25) is 0 Å². The molecule has 1 saturated heterocycles. The molecule has 2 unspecified atom stereocenters. The number of aliphatic hydroxyl groups excluding tert-OH is 2. The number of aromatic nitrogens is 4. The zero-order chi connectivity index (χ0) is 28.0. The van der Waals surface area contributed by atoms with Gasteiger partial charge in [-0.15, -0.1) is 0 Å². The number of hydrogen-bond acceptors (Lipinski definition) is 13. The van der Waals surface area contributed by atoms with Gasteiger partial charge in [-0.2, -0.15) is 9.97 Å². The Hall–Kier alpha value is -0.560. The molecule has 1 aliphatic rings. The summed E-state index contributed by atoms with van der Waals surface area (Å²) >= 11 is 4.56. The van der Waals surface area contributed by atoms with Gasteiger partial charge in [0, 0.05) is 0 Å². The first-order chi connectivity index (χ1) is 16.9. The molecule has 18 nitrogen and oxygen atoms in total. The Balaban J connectivity index is 1.76. The van der Waals surface area contributed by atoms with Gasteiger partial charge in [-0.05, 0) is 38.3 Å². The number of rotatable bonds is 11. The molecule has 210 valence electrons. The third-order valence-electron chi connectivity index (χ3n) is 4.78. The molecule has 0 aliphatic carbocycles. The van der Waals surface area contributed by atoms with Gasteiger partial charge < -0.3 is 45.0 Å². The quantitative estimate of drug-likeness (QED) is 0.124. The lowest BCUT2D eigenvalue weighted by Crippen LogP contribution is -2.33. The van der Waals surface area contributed by atoms with E-state index in [4.69, 9.17) is 15.2 Å². The molecule has 23 heteroatoms. The maximum absolute atomic E-state index is 12.2. The van der Waals surface area contributed by atoms with Crippen molar-refractivity contribution >= 4 is 71.9 Å². The SMILES string of the molecule is CCCOc1nc(N)c2ncn([C@@H]3O[C@H](COP(=O)(O)OP(=O)(O)C(Br)(Br)P(=O)(O)O)[C@@H](O)[C@H]3O)c2n1. The summed E-state index contributed by atoms with van der Waals surface area (Å²) in [4.78, 5) is 50.3. The smallest absolute Gasteiger partial charge is 0.463 e. The highest BCUT2D eigenvalue weighted by Crippen LogP contribution is 2.81. The Morgan fingerprint density at radius 2 is 1.81 bits per heavy atom. The van der Waals surface area contributed by atoms with Crippen LogP contribution in [0, 0.1) is 0 Å². The number of hydrogen-bond donors (Lipinski definition) is 7. The highest BCUT2D eigenvalue weighted by Gasteiger charge is 2.61. The molecular formula is C14H22Br2N5O13P3. The second-order valence-electron chi connectivity index (χ2n) is 7.53. The predicted octanol–water partition coefficient (Wildman–Crippen LogP) is 0.714. The second-order valence-corrected chi connectivity index (χ2v) is 19.1. The van der Waals surface area contributed by atoms with Crippen molar-refractivity contribution in [3.63, 3.8) is 0 Å². The van der Waals surface area contributed by atoms with Crippen LogP contribution in [0.1, 0.15) is 19.6 Å². The minimum atomic E-state index is -5.59. The third kappa shape index (κ3) is 6.44. The Bertz CT molecular complexity index is 1290. The van der Waals surface area contributed by atoms with Crippen LogP contribution in [-0.4, -0.2) is 83.5 Å². The molecule has 37 heavy (non-hydrogen) atoms. The van der Waals surface area contributed by atoms with Gasteiger partial charge in [0.15, 0.2) is 23.2 Å². The number of nitrogens with two attached hydrogens (primary N) is 1. The Labute approximate surface area is 224 Å². The number of alkyl halides is 2. The van der Waals surface area contributed by atoms with Crippen molar-refractivity contribution < 1.29 is 61.8 Å². The predicted molar refractivity (Wildman–Crippen MR) is 131 cm³/mol. The molecule has 3 heterocycles. The Morgan fingerprint density at radius 3 is 2.41 bits per heavy atom. The number of fused-ring (bicyclic) bond motifs is 1. The van der Waals surface area contributed by atoms with Crippen LogP contribution >= 0.6 is 54.9 Å². The number of aliphatic hydroxyl groups is 2. The van der Waals surface area contributed by atoms with Gasteiger partial charge in [-0.1, -0.05) is 6.92 Å². The van der Waals surface area contributed by atoms with Gasteiger partial charge in [0.1, 0.15) is 18.3 Å². The van der Waals surface area contributed by atoms with Gasteiger partial charge in [0.2, 0.25) is 0 Å². The molecule has 8 N–H and O–H groups in total. The minimum Gasteiger partial charge on any atom is -0.463 e. The van der Waals surface area contributed by atoms with Gasteiger partial charge in [-0.3, -0.25) is 18.2 Å². The number of phosphoric ester groups is 1. The first-order valence-electron chi connectivity index (χ1n) is 10.0. The van der Waals surface area contributed by atoms with E-state index in [2.05, 4.69) is 55.6 Å². The van der Waals surface area contributed by atoms with E-state index < -0.39 is 56.9 Å². The number of nitrogen functional groups attached to an aromatic ring is 1. The van der Waals surface area contributed by atoms with E-state index in [0.717, 1.165) is 0 Å². The van der Waals surface area contributed by atoms with E-state index in [-0.39, 0.29) is 23.0 Å². The molecule has 1 fully saturated rings. The van der Waals surface area contributed by atoms with Crippen LogP contribution < -0.4 is 10.5 Å². The van der Waals surface area contributed by atoms with Crippen LogP contribution in [0.4, 0.5) is 5.82 Å². The molecular weight excluding hydrogens is 699 g/mol. The minimum absolute atomic E-state index is 0.0282. The van der Waals surface area contributed by atoms with Gasteiger partial charge in [-0.25, -0.2) is 13.9 Å². The summed E-state index contributed by atoms with van der Waals surface area (Å²) in [5.74, 6) is -0.0282. The lowest BCUT2D eigenvalue weighted by atomic mass is 10.1. The van der Waals surface area contributed by atoms with Crippen molar-refractivity contribution in [1.82, 2.24) is 19.5 Å². The Kier molecular flexibility index (Phi) is 9.32. The summed E-state index contributed by atoms with van der Waals surface area (Å²) in [5, 5.41) is 20.9. The molecule has 6 atom stereocenters. The topological polar surface area (TPSA) is 279 Å². The molecule has 2 aromatic rings. The van der Waals surface area contributed by atoms with E-state index in [0.29, 0.717) is 13.0 Å². The Morgan fingerprint density at radius 1 is 1.16 bits per heavy atom. The van der Waals surface area contributed by atoms with Gasteiger partial charge in [0.05, 0.1) is 19.5 Å². The summed E-state index contributed by atoms with van der Waals surface area (Å²) in [5.41, 5.74) is 6.10. The zero-order valence-corrected chi connectivity index (χ0v) is 24.4. The molecule has 0 saturated carbocycles. The summed E-state index contributed by atoms with van der Waals surface area (Å²) < 4.78 is 53.6. The molecule has 2 aromatic heterocycles. The molecule has 0 amide bonds. The monoisotopic (exact) mass is 719 g/mol. The molecule has 1 aliphatic heterocycles. The van der Waals surface area contributed by atoms with Gasteiger partial charge in [0.25, 0.3) is 2.72 Å². The number of nitrogens with zero attached hydrogens (tertiary/aromatic N) is 4. The highest BCUT2D eigenvalue weighted by molar-refractivity contribution is 9.29. The van der Waals surface area contributed by atoms with E-state index in [1.54, 1.807) is 0 Å². The lowest BCUT2D eigenvalue weighted by molar-refractivity contribution is -0.0502. The van der Waals surface area contributed by atoms with Crippen molar-refractivity contribution in [2.24, 2.45) is 0 Å². The van der Waals surface area contributed by atoms with E-state index >= 15 is 0 Å². The molecule has 0 radical (unpaired) electrons. The summed E-state index contributed by atoms with van der Waals surface area (Å²) in [6, 6.07) is -0.0710. The van der Waals surface area contributed by atoms with Crippen LogP contribution in [0.5, 0.6) is 6.01 Å². The highest BCUT2D eigenvalue weighted by atomic mass is 79.9. The van der Waals surface area contributed by atoms with Crippen molar-refractivity contribution in [2.75, 3.05) is 18.9 Å². The average Bonchev–Trinajstić information content (AvgIpc) is 3.31. The van der Waals surface area contributed by atoms with Crippen LogP contribution in [0.15, 0.2) is 6.33 Å². The van der Waals surface area contributed by atoms with E-state index in [9.17, 15) is 43.5 Å². The second kappa shape index (κ2) is 11.1. The number of halogens is 2. The first kappa shape index (κ1) is 31.0. The fraction of sp³-hybridized carbons (Fsp3) is 0.643.